The van der Waals surface area contributed by atoms with Gasteiger partial charge >= 0.3 is 0 Å². The maximum atomic E-state index is 11.3. The Morgan fingerprint density at radius 2 is 2.00 bits per heavy atom. The molecule has 0 saturated heterocycles. The molecule has 0 aliphatic rings. The van der Waals surface area contributed by atoms with Gasteiger partial charge in [0.15, 0.2) is 0 Å². The minimum absolute atomic E-state index is 0.00105. The second-order valence-corrected chi connectivity index (χ2v) is 5.16. The molecule has 0 saturated carbocycles. The third-order valence-corrected chi connectivity index (χ3v) is 3.44. The van der Waals surface area contributed by atoms with E-state index < -0.39 is 0 Å². The van der Waals surface area contributed by atoms with E-state index in [-0.39, 0.29) is 5.91 Å². The lowest BCUT2D eigenvalue weighted by Gasteiger charge is -2.04. The Bertz CT molecular complexity index is 793. The highest BCUT2D eigenvalue weighted by atomic mass is 35.5. The van der Waals surface area contributed by atoms with Crippen molar-refractivity contribution >= 4 is 34.2 Å². The van der Waals surface area contributed by atoms with E-state index in [1.54, 1.807) is 0 Å². The Hall–Kier alpha value is -2.33. The number of halogens is 1. The fourth-order valence-electron chi connectivity index (χ4n) is 2.08. The van der Waals surface area contributed by atoms with E-state index in [4.69, 9.17) is 11.6 Å². The Balaban J connectivity index is 1.90. The fourth-order valence-corrected chi connectivity index (χ4v) is 2.25. The summed E-state index contributed by atoms with van der Waals surface area (Å²) in [6.07, 6.45) is 0.464. The number of carbonyl (C=O) groups excluding carboxylic acids is 1. The van der Waals surface area contributed by atoms with Crippen molar-refractivity contribution in [2.24, 2.45) is 0 Å². The van der Waals surface area contributed by atoms with Crippen LogP contribution >= 0.6 is 11.6 Å². The van der Waals surface area contributed by atoms with Gasteiger partial charge in [-0.1, -0.05) is 18.5 Å². The number of nitrogens with one attached hydrogen (secondary N) is 2. The van der Waals surface area contributed by atoms with Crippen LogP contribution in [-0.2, 0) is 4.79 Å². The van der Waals surface area contributed by atoms with Crippen LogP contribution in [0.5, 0.6) is 0 Å². The van der Waals surface area contributed by atoms with Crippen LogP contribution in [0, 0.1) is 0 Å². The maximum absolute atomic E-state index is 11.3. The van der Waals surface area contributed by atoms with Gasteiger partial charge in [-0.2, -0.15) is 0 Å². The van der Waals surface area contributed by atoms with Crippen molar-refractivity contribution in [3.8, 4) is 11.4 Å². The molecule has 0 aliphatic heterocycles. The summed E-state index contributed by atoms with van der Waals surface area (Å²) in [5.74, 6) is 0.779. The number of imidazole rings is 1. The normalized spacial score (nSPS) is 10.8. The lowest BCUT2D eigenvalue weighted by Crippen LogP contribution is -2.09. The molecule has 3 rings (SSSR count). The van der Waals surface area contributed by atoms with Crippen LogP contribution in [0.4, 0.5) is 5.69 Å². The van der Waals surface area contributed by atoms with Gasteiger partial charge in [-0.25, -0.2) is 4.98 Å². The van der Waals surface area contributed by atoms with E-state index in [1.807, 2.05) is 49.4 Å². The van der Waals surface area contributed by atoms with E-state index >= 15 is 0 Å². The molecule has 2 aromatic carbocycles. The molecular weight excluding hydrogens is 286 g/mol. The molecule has 3 aromatic rings. The summed E-state index contributed by atoms with van der Waals surface area (Å²) in [4.78, 5) is 19.1. The molecule has 1 amide bonds. The number of hydrogen-bond donors (Lipinski definition) is 2. The Morgan fingerprint density at radius 3 is 2.71 bits per heavy atom. The predicted molar refractivity (Wildman–Crippen MR) is 85.5 cm³/mol. The first-order valence-electron chi connectivity index (χ1n) is 6.71. The Labute approximate surface area is 127 Å². The second-order valence-electron chi connectivity index (χ2n) is 4.73. The van der Waals surface area contributed by atoms with Crippen molar-refractivity contribution in [2.75, 3.05) is 5.32 Å². The van der Waals surface area contributed by atoms with Crippen LogP contribution in [0.25, 0.3) is 22.4 Å². The lowest BCUT2D eigenvalue weighted by molar-refractivity contribution is -0.115. The van der Waals surface area contributed by atoms with Gasteiger partial charge in [-0.15, -0.1) is 0 Å². The monoisotopic (exact) mass is 299 g/mol. The molecule has 1 heterocycles. The van der Waals surface area contributed by atoms with Gasteiger partial charge in [0, 0.05) is 22.7 Å². The predicted octanol–water partition coefficient (Wildman–Crippen LogP) is 4.23. The van der Waals surface area contributed by atoms with Crippen molar-refractivity contribution in [2.45, 2.75) is 13.3 Å². The van der Waals surface area contributed by atoms with Crippen LogP contribution in [-0.4, -0.2) is 15.9 Å². The minimum Gasteiger partial charge on any atom is -0.338 e. The average molecular weight is 300 g/mol. The van der Waals surface area contributed by atoms with Crippen LogP contribution in [0.1, 0.15) is 13.3 Å². The highest BCUT2D eigenvalue weighted by molar-refractivity contribution is 6.31. The zero-order valence-corrected chi connectivity index (χ0v) is 12.2. The highest BCUT2D eigenvalue weighted by Crippen LogP contribution is 2.24. The number of nitrogens with zero attached hydrogens (tertiary/aromatic N) is 1. The summed E-state index contributed by atoms with van der Waals surface area (Å²) < 4.78 is 0. The van der Waals surface area contributed by atoms with Gasteiger partial charge in [0.25, 0.3) is 0 Å². The summed E-state index contributed by atoms with van der Waals surface area (Å²) in [6, 6.07) is 13.1. The van der Waals surface area contributed by atoms with Crippen LogP contribution in [0.3, 0.4) is 0 Å². The minimum atomic E-state index is 0.00105. The first-order valence-corrected chi connectivity index (χ1v) is 7.09. The van der Waals surface area contributed by atoms with Crippen molar-refractivity contribution < 1.29 is 4.79 Å². The van der Waals surface area contributed by atoms with Crippen molar-refractivity contribution in [3.05, 3.63) is 47.5 Å². The van der Waals surface area contributed by atoms with Gasteiger partial charge < -0.3 is 10.3 Å². The van der Waals surface area contributed by atoms with E-state index in [9.17, 15) is 4.79 Å². The zero-order chi connectivity index (χ0) is 14.8. The second kappa shape index (κ2) is 5.58. The molecule has 5 heteroatoms. The molecule has 106 valence electrons. The summed E-state index contributed by atoms with van der Waals surface area (Å²) >= 11 is 5.97. The van der Waals surface area contributed by atoms with Gasteiger partial charge in [-0.05, 0) is 42.5 Å². The first-order chi connectivity index (χ1) is 10.2. The molecule has 0 fully saturated rings. The molecule has 4 nitrogen and oxygen atoms in total. The SMILES string of the molecule is CCC(=O)Nc1ccc(-c2nc3ccc(Cl)cc3[nH]2)cc1. The van der Waals surface area contributed by atoms with Crippen molar-refractivity contribution in [1.82, 2.24) is 9.97 Å². The summed E-state index contributed by atoms with van der Waals surface area (Å²) in [6.45, 7) is 1.82. The molecule has 2 N–H and O–H groups in total. The maximum Gasteiger partial charge on any atom is 0.224 e. The van der Waals surface area contributed by atoms with E-state index in [0.717, 1.165) is 28.1 Å². The number of carbonyl (C=O) groups is 1. The number of hydrogen-bond acceptors (Lipinski definition) is 2. The number of aromatic amines is 1. The van der Waals surface area contributed by atoms with Crippen LogP contribution in [0.15, 0.2) is 42.5 Å². The number of amides is 1. The molecule has 0 unspecified atom stereocenters. The topological polar surface area (TPSA) is 57.8 Å². The van der Waals surface area contributed by atoms with E-state index in [2.05, 4.69) is 15.3 Å². The number of rotatable bonds is 3. The number of anilines is 1. The third kappa shape index (κ3) is 2.90. The van der Waals surface area contributed by atoms with E-state index in [0.29, 0.717) is 11.4 Å². The van der Waals surface area contributed by atoms with Crippen LogP contribution < -0.4 is 5.32 Å². The largest absolute Gasteiger partial charge is 0.338 e. The van der Waals surface area contributed by atoms with Crippen molar-refractivity contribution in [1.29, 1.82) is 0 Å². The molecule has 0 aliphatic carbocycles. The summed E-state index contributed by atoms with van der Waals surface area (Å²) in [5.41, 5.74) is 3.51. The molecular formula is C16H14ClN3O. The smallest absolute Gasteiger partial charge is 0.224 e. The van der Waals surface area contributed by atoms with E-state index in [1.165, 1.54) is 0 Å². The standard InChI is InChI=1S/C16H14ClN3O/c1-2-15(21)18-12-6-3-10(4-7-12)16-19-13-8-5-11(17)9-14(13)20-16/h3-9H,2H2,1H3,(H,18,21)(H,19,20). The number of aromatic nitrogens is 2. The number of benzene rings is 2. The molecule has 1 aromatic heterocycles. The molecule has 0 spiro atoms. The van der Waals surface area contributed by atoms with Gasteiger partial charge in [0.05, 0.1) is 11.0 Å². The molecule has 21 heavy (non-hydrogen) atoms. The third-order valence-electron chi connectivity index (χ3n) is 3.21. The first kappa shape index (κ1) is 13.6. The fraction of sp³-hybridized carbons (Fsp3) is 0.125. The molecule has 0 bridgehead atoms. The number of fused-ring (bicyclic) bond motifs is 1. The summed E-state index contributed by atoms with van der Waals surface area (Å²) in [5, 5.41) is 3.49. The number of H-pyrrole nitrogens is 1. The van der Waals surface area contributed by atoms with Crippen molar-refractivity contribution in [3.63, 3.8) is 0 Å². The van der Waals surface area contributed by atoms with Gasteiger partial charge in [0.2, 0.25) is 5.91 Å². The quantitative estimate of drug-likeness (QED) is 0.760. The lowest BCUT2D eigenvalue weighted by atomic mass is 10.2. The van der Waals surface area contributed by atoms with Crippen LogP contribution in [0.2, 0.25) is 5.02 Å². The van der Waals surface area contributed by atoms with Gasteiger partial charge in [0.1, 0.15) is 5.82 Å². The Morgan fingerprint density at radius 1 is 1.24 bits per heavy atom. The van der Waals surface area contributed by atoms with Gasteiger partial charge in [-0.3, -0.25) is 4.79 Å². The highest BCUT2D eigenvalue weighted by Gasteiger charge is 2.06. The average Bonchev–Trinajstić information content (AvgIpc) is 2.90. The zero-order valence-electron chi connectivity index (χ0n) is 11.5. The molecule has 0 radical (unpaired) electrons. The summed E-state index contributed by atoms with van der Waals surface area (Å²) in [7, 11) is 0. The molecule has 0 atom stereocenters. The Kier molecular flexibility index (Phi) is 3.62.